The van der Waals surface area contributed by atoms with E-state index in [2.05, 4.69) is 5.32 Å². The van der Waals surface area contributed by atoms with Gasteiger partial charge in [-0.15, -0.1) is 0 Å². The Hall–Kier alpha value is -1.63. The number of hydrogen-bond acceptors (Lipinski definition) is 3. The zero-order valence-electron chi connectivity index (χ0n) is 10.1. The van der Waals surface area contributed by atoms with E-state index in [1.807, 2.05) is 0 Å². The van der Waals surface area contributed by atoms with E-state index in [0.717, 1.165) is 0 Å². The second-order valence-corrected chi connectivity index (χ2v) is 4.68. The standard InChI is InChI=1S/C12H13F2NO3S/c1-2-8(11(17)18)15-10(16)7-5-3-4-6-9(7)19-12(13)14/h3-6,8,12H,2H2,1H3,(H,15,16)(H,17,18)/t8-/m0/s1. The summed E-state index contributed by atoms with van der Waals surface area (Å²) in [7, 11) is 0. The maximum absolute atomic E-state index is 12.4. The fourth-order valence-corrected chi connectivity index (χ4v) is 2.06. The van der Waals surface area contributed by atoms with Crippen molar-refractivity contribution in [1.29, 1.82) is 0 Å². The molecule has 0 spiro atoms. The largest absolute Gasteiger partial charge is 0.480 e. The number of hydrogen-bond donors (Lipinski definition) is 2. The Morgan fingerprint density at radius 2 is 2.00 bits per heavy atom. The van der Waals surface area contributed by atoms with Gasteiger partial charge in [-0.3, -0.25) is 4.79 Å². The molecule has 0 aliphatic heterocycles. The molecule has 1 rings (SSSR count). The van der Waals surface area contributed by atoms with Crippen molar-refractivity contribution in [1.82, 2.24) is 5.32 Å². The highest BCUT2D eigenvalue weighted by atomic mass is 32.2. The summed E-state index contributed by atoms with van der Waals surface area (Å²) in [5, 5.41) is 11.1. The van der Waals surface area contributed by atoms with Crippen LogP contribution in [0, 0.1) is 0 Å². The lowest BCUT2D eigenvalue weighted by Crippen LogP contribution is -2.40. The van der Waals surface area contributed by atoms with Gasteiger partial charge in [-0.25, -0.2) is 4.79 Å². The predicted molar refractivity (Wildman–Crippen MR) is 67.5 cm³/mol. The number of nitrogens with one attached hydrogen (secondary N) is 1. The van der Waals surface area contributed by atoms with Gasteiger partial charge in [0, 0.05) is 4.90 Å². The van der Waals surface area contributed by atoms with E-state index in [4.69, 9.17) is 5.11 Å². The first-order chi connectivity index (χ1) is 8.95. The minimum atomic E-state index is -2.64. The minimum absolute atomic E-state index is 0.0486. The van der Waals surface area contributed by atoms with Gasteiger partial charge >= 0.3 is 5.97 Å². The van der Waals surface area contributed by atoms with Gasteiger partial charge < -0.3 is 10.4 Å². The van der Waals surface area contributed by atoms with Crippen molar-refractivity contribution < 1.29 is 23.5 Å². The van der Waals surface area contributed by atoms with E-state index in [-0.39, 0.29) is 28.6 Å². The number of amides is 1. The summed E-state index contributed by atoms with van der Waals surface area (Å²) in [5.74, 6) is -4.47. The molecule has 0 aromatic heterocycles. The third kappa shape index (κ3) is 4.51. The van der Waals surface area contributed by atoms with Gasteiger partial charge in [-0.2, -0.15) is 8.78 Å². The number of thioether (sulfide) groups is 1. The van der Waals surface area contributed by atoms with Crippen LogP contribution >= 0.6 is 11.8 Å². The van der Waals surface area contributed by atoms with Crippen molar-refractivity contribution in [3.05, 3.63) is 29.8 Å². The van der Waals surface area contributed by atoms with Crippen LogP contribution in [0.15, 0.2) is 29.2 Å². The Balaban J connectivity index is 2.90. The highest BCUT2D eigenvalue weighted by Gasteiger charge is 2.21. The zero-order chi connectivity index (χ0) is 14.4. The van der Waals surface area contributed by atoms with Crippen LogP contribution < -0.4 is 5.32 Å². The summed E-state index contributed by atoms with van der Waals surface area (Å²) in [6.07, 6.45) is 0.214. The van der Waals surface area contributed by atoms with E-state index in [9.17, 15) is 18.4 Å². The highest BCUT2D eigenvalue weighted by molar-refractivity contribution is 7.99. The van der Waals surface area contributed by atoms with Crippen molar-refractivity contribution in [3.8, 4) is 0 Å². The summed E-state index contributed by atoms with van der Waals surface area (Å²) in [5.41, 5.74) is 0.0486. The van der Waals surface area contributed by atoms with E-state index < -0.39 is 23.7 Å². The number of benzene rings is 1. The summed E-state index contributed by atoms with van der Waals surface area (Å²) in [6.45, 7) is 1.61. The van der Waals surface area contributed by atoms with E-state index in [0.29, 0.717) is 0 Å². The van der Waals surface area contributed by atoms with Crippen molar-refractivity contribution in [3.63, 3.8) is 0 Å². The molecular formula is C12H13F2NO3S. The topological polar surface area (TPSA) is 66.4 Å². The molecule has 0 fully saturated rings. The number of halogens is 2. The molecular weight excluding hydrogens is 276 g/mol. The summed E-state index contributed by atoms with van der Waals surface area (Å²) in [6, 6.07) is 4.82. The van der Waals surface area contributed by atoms with Crippen molar-refractivity contribution in [2.24, 2.45) is 0 Å². The fourth-order valence-electron chi connectivity index (χ4n) is 1.43. The monoisotopic (exact) mass is 289 g/mol. The summed E-state index contributed by atoms with van der Waals surface area (Å²) < 4.78 is 24.7. The van der Waals surface area contributed by atoms with Gasteiger partial charge in [0.25, 0.3) is 11.7 Å². The molecule has 19 heavy (non-hydrogen) atoms. The van der Waals surface area contributed by atoms with Crippen LogP contribution in [0.4, 0.5) is 8.78 Å². The maximum Gasteiger partial charge on any atom is 0.326 e. The Labute approximate surface area is 113 Å². The molecule has 7 heteroatoms. The molecule has 0 aliphatic rings. The molecule has 4 nitrogen and oxygen atoms in total. The second kappa shape index (κ2) is 7.08. The average Bonchev–Trinajstić information content (AvgIpc) is 2.35. The number of carboxylic acids is 1. The predicted octanol–water partition coefficient (Wildman–Crippen LogP) is 2.59. The molecule has 0 saturated heterocycles. The first-order valence-electron chi connectivity index (χ1n) is 5.53. The van der Waals surface area contributed by atoms with Crippen molar-refractivity contribution in [2.75, 3.05) is 0 Å². The lowest BCUT2D eigenvalue weighted by Gasteiger charge is -2.14. The average molecular weight is 289 g/mol. The number of carboxylic acid groups (broad SMARTS) is 1. The Morgan fingerprint density at radius 3 is 2.53 bits per heavy atom. The van der Waals surface area contributed by atoms with Crippen LogP contribution in [-0.2, 0) is 4.79 Å². The SMILES string of the molecule is CC[C@H](NC(=O)c1ccccc1SC(F)F)C(=O)O. The van der Waals surface area contributed by atoms with E-state index in [1.165, 1.54) is 24.3 Å². The van der Waals surface area contributed by atoms with E-state index >= 15 is 0 Å². The molecule has 104 valence electrons. The van der Waals surface area contributed by atoms with Gasteiger partial charge in [-0.1, -0.05) is 30.8 Å². The van der Waals surface area contributed by atoms with Crippen molar-refractivity contribution in [2.45, 2.75) is 30.0 Å². The fraction of sp³-hybridized carbons (Fsp3) is 0.333. The number of carbonyl (C=O) groups is 2. The van der Waals surface area contributed by atoms with Crippen LogP contribution in [0.2, 0.25) is 0 Å². The number of rotatable bonds is 6. The lowest BCUT2D eigenvalue weighted by molar-refractivity contribution is -0.139. The number of aliphatic carboxylic acids is 1. The van der Waals surface area contributed by atoms with Gasteiger partial charge in [-0.05, 0) is 18.6 Å². The molecule has 0 radical (unpaired) electrons. The third-order valence-corrected chi connectivity index (χ3v) is 3.15. The summed E-state index contributed by atoms with van der Waals surface area (Å²) >= 11 is 0.255. The van der Waals surface area contributed by atoms with Crippen LogP contribution in [0.5, 0.6) is 0 Å². The number of carbonyl (C=O) groups excluding carboxylic acids is 1. The second-order valence-electron chi connectivity index (χ2n) is 3.65. The molecule has 1 aromatic rings. The molecule has 1 aromatic carbocycles. The normalized spacial score (nSPS) is 12.2. The van der Waals surface area contributed by atoms with Gasteiger partial charge in [0.15, 0.2) is 0 Å². The molecule has 0 heterocycles. The van der Waals surface area contributed by atoms with Crippen LogP contribution in [0.1, 0.15) is 23.7 Å². The number of alkyl halides is 2. The molecule has 1 amide bonds. The molecule has 0 unspecified atom stereocenters. The van der Waals surface area contributed by atoms with Crippen LogP contribution in [-0.4, -0.2) is 28.8 Å². The summed E-state index contributed by atoms with van der Waals surface area (Å²) in [4.78, 5) is 22.8. The van der Waals surface area contributed by atoms with Crippen LogP contribution in [0.3, 0.4) is 0 Å². The zero-order valence-corrected chi connectivity index (χ0v) is 10.9. The third-order valence-electron chi connectivity index (χ3n) is 2.36. The first kappa shape index (κ1) is 15.4. The van der Waals surface area contributed by atoms with Crippen molar-refractivity contribution >= 4 is 23.6 Å². The smallest absolute Gasteiger partial charge is 0.326 e. The molecule has 2 N–H and O–H groups in total. The van der Waals surface area contributed by atoms with Gasteiger partial charge in [0.05, 0.1) is 5.56 Å². The van der Waals surface area contributed by atoms with Gasteiger partial charge in [0.2, 0.25) is 0 Å². The molecule has 0 bridgehead atoms. The lowest BCUT2D eigenvalue weighted by atomic mass is 10.1. The molecule has 0 aliphatic carbocycles. The minimum Gasteiger partial charge on any atom is -0.480 e. The van der Waals surface area contributed by atoms with E-state index in [1.54, 1.807) is 6.92 Å². The maximum atomic E-state index is 12.4. The van der Waals surface area contributed by atoms with Gasteiger partial charge in [0.1, 0.15) is 6.04 Å². The molecule has 1 atom stereocenters. The Kier molecular flexibility index (Phi) is 5.75. The van der Waals surface area contributed by atoms with Crippen LogP contribution in [0.25, 0.3) is 0 Å². The Bertz CT molecular complexity index is 468. The first-order valence-corrected chi connectivity index (χ1v) is 6.41. The Morgan fingerprint density at radius 1 is 1.37 bits per heavy atom. The molecule has 0 saturated carbocycles. The highest BCUT2D eigenvalue weighted by Crippen LogP contribution is 2.28. The quantitative estimate of drug-likeness (QED) is 0.790.